The fourth-order valence-corrected chi connectivity index (χ4v) is 6.09. The molecule has 4 unspecified atom stereocenters. The number of hydrogen-bond donors (Lipinski definition) is 0. The summed E-state index contributed by atoms with van der Waals surface area (Å²) in [6.45, 7) is 5.07. The lowest BCUT2D eigenvalue weighted by molar-refractivity contribution is 0.113. The molecule has 2 aromatic carbocycles. The number of unbranched alkanes of at least 4 members (excludes halogenated alkanes) is 2. The van der Waals surface area contributed by atoms with E-state index in [0.29, 0.717) is 0 Å². The van der Waals surface area contributed by atoms with Crippen LogP contribution >= 0.6 is 0 Å². The highest BCUT2D eigenvalue weighted by Crippen LogP contribution is 2.48. The number of fused-ring (bicyclic) bond motifs is 1. The first-order valence-corrected chi connectivity index (χ1v) is 12.6. The second-order valence-corrected chi connectivity index (χ2v) is 9.78. The van der Waals surface area contributed by atoms with Crippen molar-refractivity contribution in [2.45, 2.75) is 84.0 Å². The molecular formula is C29H40O. The standard InChI is InChI=1S/C29H40O/c1-3-5-6-7-22-8-9-28-21-27(15-14-26(28)20-22)25-12-10-23(11-13-25)24-16-18-29(19-17-24)30-4-2/h10-13,16-19,22,26-28H,3-9,14-15,20-21H2,1-2H3. The fraction of sp³-hybridized carbons (Fsp3) is 0.586. The van der Waals surface area contributed by atoms with Gasteiger partial charge < -0.3 is 4.74 Å². The summed E-state index contributed by atoms with van der Waals surface area (Å²) in [5, 5.41) is 0. The summed E-state index contributed by atoms with van der Waals surface area (Å²) >= 11 is 0. The Labute approximate surface area is 184 Å². The van der Waals surface area contributed by atoms with E-state index in [4.69, 9.17) is 4.74 Å². The predicted molar refractivity (Wildman–Crippen MR) is 128 cm³/mol. The first kappa shape index (κ1) is 21.5. The molecule has 2 aromatic rings. The molecule has 0 aliphatic heterocycles. The highest BCUT2D eigenvalue weighted by molar-refractivity contribution is 5.64. The van der Waals surface area contributed by atoms with Crippen molar-refractivity contribution in [1.29, 1.82) is 0 Å². The van der Waals surface area contributed by atoms with E-state index in [1.165, 1.54) is 75.3 Å². The van der Waals surface area contributed by atoms with Crippen molar-refractivity contribution >= 4 is 0 Å². The molecule has 2 aliphatic carbocycles. The third kappa shape index (κ3) is 5.29. The molecule has 0 amide bonds. The third-order valence-corrected chi connectivity index (χ3v) is 7.82. The van der Waals surface area contributed by atoms with Gasteiger partial charge in [-0.05, 0) is 91.5 Å². The number of ether oxygens (including phenoxy) is 1. The van der Waals surface area contributed by atoms with Crippen molar-refractivity contribution in [3.8, 4) is 16.9 Å². The molecular weight excluding hydrogens is 364 g/mol. The van der Waals surface area contributed by atoms with Crippen molar-refractivity contribution in [2.75, 3.05) is 6.61 Å². The SMILES string of the molecule is CCCCCC1CCC2CC(c3ccc(-c4ccc(OCC)cc4)cc3)CCC2C1. The number of hydrogen-bond acceptors (Lipinski definition) is 1. The Morgan fingerprint density at radius 1 is 0.733 bits per heavy atom. The van der Waals surface area contributed by atoms with Gasteiger partial charge in [0, 0.05) is 0 Å². The minimum atomic E-state index is 0.719. The van der Waals surface area contributed by atoms with Gasteiger partial charge in [0.25, 0.3) is 0 Å². The first-order chi connectivity index (χ1) is 14.8. The van der Waals surface area contributed by atoms with Gasteiger partial charge in [-0.3, -0.25) is 0 Å². The lowest BCUT2D eigenvalue weighted by Crippen LogP contribution is -2.30. The molecule has 4 rings (SSSR count). The van der Waals surface area contributed by atoms with E-state index < -0.39 is 0 Å². The van der Waals surface area contributed by atoms with Gasteiger partial charge in [-0.1, -0.05) is 75.4 Å². The van der Waals surface area contributed by atoms with Gasteiger partial charge in [0.05, 0.1) is 6.61 Å². The molecule has 0 saturated heterocycles. The molecule has 162 valence electrons. The van der Waals surface area contributed by atoms with E-state index in [0.717, 1.165) is 36.0 Å². The van der Waals surface area contributed by atoms with Crippen LogP contribution in [0.4, 0.5) is 0 Å². The highest BCUT2D eigenvalue weighted by atomic mass is 16.5. The maximum Gasteiger partial charge on any atom is 0.119 e. The molecule has 0 spiro atoms. The molecule has 0 aromatic heterocycles. The average Bonchev–Trinajstić information content (AvgIpc) is 2.80. The minimum absolute atomic E-state index is 0.719. The first-order valence-electron chi connectivity index (χ1n) is 12.6. The Morgan fingerprint density at radius 3 is 2.10 bits per heavy atom. The Balaban J connectivity index is 1.32. The van der Waals surface area contributed by atoms with E-state index >= 15 is 0 Å². The fourth-order valence-electron chi connectivity index (χ4n) is 6.09. The molecule has 0 N–H and O–H groups in total. The normalized spacial score (nSPS) is 26.2. The molecule has 0 radical (unpaired) electrons. The van der Waals surface area contributed by atoms with Gasteiger partial charge >= 0.3 is 0 Å². The maximum atomic E-state index is 5.57. The Kier molecular flexibility index (Phi) is 7.52. The molecule has 30 heavy (non-hydrogen) atoms. The van der Waals surface area contributed by atoms with Crippen LogP contribution in [0.3, 0.4) is 0 Å². The van der Waals surface area contributed by atoms with Gasteiger partial charge in [-0.25, -0.2) is 0 Å². The molecule has 0 bridgehead atoms. The van der Waals surface area contributed by atoms with E-state index in [9.17, 15) is 0 Å². The van der Waals surface area contributed by atoms with Crippen LogP contribution in [-0.2, 0) is 0 Å². The highest BCUT2D eigenvalue weighted by Gasteiger charge is 2.35. The lowest BCUT2D eigenvalue weighted by atomic mass is 9.63. The van der Waals surface area contributed by atoms with Gasteiger partial charge in [-0.2, -0.15) is 0 Å². The van der Waals surface area contributed by atoms with E-state index in [-0.39, 0.29) is 0 Å². The van der Waals surface area contributed by atoms with Crippen molar-refractivity contribution < 1.29 is 4.74 Å². The van der Waals surface area contributed by atoms with Gasteiger partial charge in [0.1, 0.15) is 5.75 Å². The smallest absolute Gasteiger partial charge is 0.119 e. The van der Waals surface area contributed by atoms with E-state index in [1.807, 2.05) is 6.92 Å². The van der Waals surface area contributed by atoms with Crippen molar-refractivity contribution in [3.05, 3.63) is 54.1 Å². The second-order valence-electron chi connectivity index (χ2n) is 9.78. The summed E-state index contributed by atoms with van der Waals surface area (Å²) in [6.07, 6.45) is 14.5. The van der Waals surface area contributed by atoms with Crippen LogP contribution in [0.2, 0.25) is 0 Å². The summed E-state index contributed by atoms with van der Waals surface area (Å²) in [5.74, 6) is 4.76. The zero-order valence-electron chi connectivity index (χ0n) is 19.1. The Hall–Kier alpha value is -1.76. The maximum absolute atomic E-state index is 5.57. The predicted octanol–water partition coefficient (Wildman–Crippen LogP) is 8.63. The summed E-state index contributed by atoms with van der Waals surface area (Å²) in [6, 6.07) is 17.9. The minimum Gasteiger partial charge on any atom is -0.494 e. The van der Waals surface area contributed by atoms with Crippen molar-refractivity contribution in [2.24, 2.45) is 17.8 Å². The average molecular weight is 405 g/mol. The van der Waals surface area contributed by atoms with Gasteiger partial charge in [0.2, 0.25) is 0 Å². The van der Waals surface area contributed by atoms with E-state index in [2.05, 4.69) is 55.5 Å². The van der Waals surface area contributed by atoms with Crippen LogP contribution in [0.5, 0.6) is 5.75 Å². The number of benzene rings is 2. The second kappa shape index (κ2) is 10.5. The zero-order chi connectivity index (χ0) is 20.8. The van der Waals surface area contributed by atoms with Crippen LogP contribution in [0.1, 0.15) is 89.5 Å². The van der Waals surface area contributed by atoms with Gasteiger partial charge in [0.15, 0.2) is 0 Å². The Bertz CT molecular complexity index is 760. The van der Waals surface area contributed by atoms with Crippen LogP contribution in [0.15, 0.2) is 48.5 Å². The Morgan fingerprint density at radius 2 is 1.40 bits per heavy atom. The van der Waals surface area contributed by atoms with Crippen molar-refractivity contribution in [3.63, 3.8) is 0 Å². The summed E-state index contributed by atoms with van der Waals surface area (Å²) < 4.78 is 5.57. The quantitative estimate of drug-likeness (QED) is 0.400. The third-order valence-electron chi connectivity index (χ3n) is 7.82. The lowest BCUT2D eigenvalue weighted by Gasteiger charge is -2.42. The molecule has 0 heterocycles. The largest absolute Gasteiger partial charge is 0.494 e. The topological polar surface area (TPSA) is 9.23 Å². The monoisotopic (exact) mass is 404 g/mol. The number of rotatable bonds is 8. The molecule has 2 fully saturated rings. The van der Waals surface area contributed by atoms with Crippen LogP contribution in [0, 0.1) is 17.8 Å². The summed E-state index contributed by atoms with van der Waals surface area (Å²) in [4.78, 5) is 0. The summed E-state index contributed by atoms with van der Waals surface area (Å²) in [7, 11) is 0. The summed E-state index contributed by atoms with van der Waals surface area (Å²) in [5.41, 5.74) is 4.14. The molecule has 4 atom stereocenters. The zero-order valence-corrected chi connectivity index (χ0v) is 19.1. The molecule has 1 heteroatoms. The van der Waals surface area contributed by atoms with Gasteiger partial charge in [-0.15, -0.1) is 0 Å². The molecule has 2 saturated carbocycles. The van der Waals surface area contributed by atoms with Crippen LogP contribution in [0.25, 0.3) is 11.1 Å². The van der Waals surface area contributed by atoms with Crippen molar-refractivity contribution in [1.82, 2.24) is 0 Å². The molecule has 1 nitrogen and oxygen atoms in total. The van der Waals surface area contributed by atoms with E-state index in [1.54, 1.807) is 5.56 Å². The van der Waals surface area contributed by atoms with Crippen LogP contribution in [-0.4, -0.2) is 6.61 Å². The van der Waals surface area contributed by atoms with Crippen LogP contribution < -0.4 is 4.74 Å². The molecule has 2 aliphatic rings.